The Kier molecular flexibility index (Phi) is 6.41. The molecule has 0 saturated carbocycles. The average molecular weight is 724 g/mol. The molecule has 3 heterocycles. The van der Waals surface area contributed by atoms with Gasteiger partial charge < -0.3 is 9.32 Å². The number of anilines is 3. The van der Waals surface area contributed by atoms with E-state index < -0.39 is 0 Å². The lowest BCUT2D eigenvalue weighted by Gasteiger charge is -2.28. The minimum atomic E-state index is 0.876. The Morgan fingerprint density at radius 1 is 0.407 bits per heavy atom. The monoisotopic (exact) mass is 723 g/mol. The van der Waals surface area contributed by atoms with E-state index in [-0.39, 0.29) is 0 Å². The Balaban J connectivity index is 1.19. The maximum atomic E-state index is 6.79. The minimum Gasteiger partial charge on any atom is -0.455 e. The SMILES string of the molecule is c1ccc(-c2ccccc2N(c2ccc3c(c2)oc2c4ccccc4ccc32)c2cccc3sc4ccc5sc6c7ccccc7ccc6c5c4c23)cc1. The molecule has 0 bridgehead atoms. The Morgan fingerprint density at radius 3 is 1.94 bits per heavy atom. The fourth-order valence-electron chi connectivity index (χ4n) is 8.64. The first-order valence-corrected chi connectivity index (χ1v) is 19.9. The van der Waals surface area contributed by atoms with Crippen molar-refractivity contribution in [1.82, 2.24) is 0 Å². The summed E-state index contributed by atoms with van der Waals surface area (Å²) in [4.78, 5) is 2.46. The molecule has 0 fully saturated rings. The number of benzene rings is 9. The summed E-state index contributed by atoms with van der Waals surface area (Å²) in [5.41, 5.74) is 7.47. The molecule has 0 aliphatic heterocycles. The van der Waals surface area contributed by atoms with Crippen molar-refractivity contribution in [3.8, 4) is 11.1 Å². The van der Waals surface area contributed by atoms with E-state index in [0.29, 0.717) is 0 Å². The zero-order valence-electron chi connectivity index (χ0n) is 28.9. The number of fused-ring (bicyclic) bond motifs is 14. The third-order valence-electron chi connectivity index (χ3n) is 11.0. The highest BCUT2D eigenvalue weighted by molar-refractivity contribution is 7.28. The van der Waals surface area contributed by atoms with E-state index in [1.54, 1.807) is 0 Å². The van der Waals surface area contributed by atoms with Crippen LogP contribution in [-0.2, 0) is 0 Å². The van der Waals surface area contributed by atoms with Crippen LogP contribution in [0.2, 0.25) is 0 Å². The molecule has 12 rings (SSSR count). The van der Waals surface area contributed by atoms with Crippen LogP contribution in [-0.4, -0.2) is 0 Å². The molecule has 0 saturated heterocycles. The molecule has 0 atom stereocenters. The lowest BCUT2D eigenvalue weighted by Crippen LogP contribution is -2.11. The Labute approximate surface area is 318 Å². The highest BCUT2D eigenvalue weighted by Gasteiger charge is 2.24. The fraction of sp³-hybridized carbons (Fsp3) is 0. The average Bonchev–Trinajstić information content (AvgIpc) is 3.93. The van der Waals surface area contributed by atoms with E-state index in [1.165, 1.54) is 67.6 Å². The van der Waals surface area contributed by atoms with E-state index in [4.69, 9.17) is 4.42 Å². The smallest absolute Gasteiger partial charge is 0.143 e. The van der Waals surface area contributed by atoms with Crippen LogP contribution in [0.3, 0.4) is 0 Å². The standard InChI is InChI=1S/C50H29NOS2/c1-2-11-30(12-3-1)34-15-8-9-18-40(34)51(33-23-26-37-38-24-21-31-13-4-6-16-35(31)49(38)52-42(37)29-33)41-19-10-20-43-47(41)48-45(53-43)28-27-44-46(48)39-25-22-32-14-5-7-17-36(32)50(39)54-44/h1-29H. The van der Waals surface area contributed by atoms with Crippen molar-refractivity contribution >= 4 is 124 Å². The van der Waals surface area contributed by atoms with Crippen LogP contribution in [0.5, 0.6) is 0 Å². The quantitative estimate of drug-likeness (QED) is 0.180. The fourth-order valence-corrected chi connectivity index (χ4v) is 11.0. The second kappa shape index (κ2) is 11.5. The second-order valence-corrected chi connectivity index (χ2v) is 16.1. The Bertz CT molecular complexity index is 3460. The van der Waals surface area contributed by atoms with Gasteiger partial charge in [0, 0.05) is 73.8 Å². The van der Waals surface area contributed by atoms with Gasteiger partial charge in [0.2, 0.25) is 0 Å². The zero-order chi connectivity index (χ0) is 35.3. The summed E-state index contributed by atoms with van der Waals surface area (Å²) in [6.07, 6.45) is 0. The van der Waals surface area contributed by atoms with Gasteiger partial charge in [-0.3, -0.25) is 0 Å². The molecule has 0 spiro atoms. The topological polar surface area (TPSA) is 16.4 Å². The number of hydrogen-bond acceptors (Lipinski definition) is 4. The van der Waals surface area contributed by atoms with Crippen molar-refractivity contribution in [1.29, 1.82) is 0 Å². The van der Waals surface area contributed by atoms with Crippen molar-refractivity contribution in [3.05, 3.63) is 176 Å². The molecular formula is C50H29NOS2. The van der Waals surface area contributed by atoms with E-state index in [1.807, 2.05) is 22.7 Å². The maximum absolute atomic E-state index is 6.79. The van der Waals surface area contributed by atoms with Crippen LogP contribution < -0.4 is 4.90 Å². The predicted molar refractivity (Wildman–Crippen MR) is 235 cm³/mol. The van der Waals surface area contributed by atoms with Crippen LogP contribution in [0, 0.1) is 0 Å². The highest BCUT2D eigenvalue weighted by atomic mass is 32.1. The van der Waals surface area contributed by atoms with Crippen LogP contribution in [0.15, 0.2) is 180 Å². The summed E-state index contributed by atoms with van der Waals surface area (Å²) in [5, 5.41) is 12.4. The molecule has 0 aliphatic carbocycles. The van der Waals surface area contributed by atoms with Gasteiger partial charge >= 0.3 is 0 Å². The van der Waals surface area contributed by atoms with Gasteiger partial charge in [-0.2, -0.15) is 0 Å². The third-order valence-corrected chi connectivity index (χ3v) is 13.4. The van der Waals surface area contributed by atoms with Crippen molar-refractivity contribution in [2.45, 2.75) is 0 Å². The predicted octanol–water partition coefficient (Wildman–Crippen LogP) is 15.8. The van der Waals surface area contributed by atoms with E-state index in [9.17, 15) is 0 Å². The van der Waals surface area contributed by atoms with Gasteiger partial charge in [-0.15, -0.1) is 22.7 Å². The third kappa shape index (κ3) is 4.32. The number of nitrogens with zero attached hydrogens (tertiary/aromatic N) is 1. The first-order chi connectivity index (χ1) is 26.8. The molecule has 0 N–H and O–H groups in total. The van der Waals surface area contributed by atoms with Crippen molar-refractivity contribution in [2.24, 2.45) is 0 Å². The molecule has 2 nitrogen and oxygen atoms in total. The summed E-state index contributed by atoms with van der Waals surface area (Å²) >= 11 is 3.79. The van der Waals surface area contributed by atoms with Crippen molar-refractivity contribution in [3.63, 3.8) is 0 Å². The lowest BCUT2D eigenvalue weighted by molar-refractivity contribution is 0.673. The Morgan fingerprint density at radius 2 is 1.07 bits per heavy atom. The molecule has 54 heavy (non-hydrogen) atoms. The molecule has 252 valence electrons. The van der Waals surface area contributed by atoms with Crippen LogP contribution in [0.4, 0.5) is 17.1 Å². The molecule has 4 heteroatoms. The minimum absolute atomic E-state index is 0.876. The number of furan rings is 1. The van der Waals surface area contributed by atoms with Gasteiger partial charge in [-0.25, -0.2) is 0 Å². The second-order valence-electron chi connectivity index (χ2n) is 14.0. The number of para-hydroxylation sites is 1. The van der Waals surface area contributed by atoms with Gasteiger partial charge in [0.1, 0.15) is 11.2 Å². The molecule has 0 unspecified atom stereocenters. The van der Waals surface area contributed by atoms with Crippen LogP contribution in [0.1, 0.15) is 0 Å². The summed E-state index contributed by atoms with van der Waals surface area (Å²) in [7, 11) is 0. The molecule has 0 amide bonds. The summed E-state index contributed by atoms with van der Waals surface area (Å²) < 4.78 is 12.0. The van der Waals surface area contributed by atoms with Gasteiger partial charge in [0.05, 0.1) is 11.4 Å². The summed E-state index contributed by atoms with van der Waals surface area (Å²) in [6, 6.07) is 64.0. The maximum Gasteiger partial charge on any atom is 0.143 e. The molecule has 12 aromatic rings. The van der Waals surface area contributed by atoms with Gasteiger partial charge in [0.25, 0.3) is 0 Å². The first-order valence-electron chi connectivity index (χ1n) is 18.3. The van der Waals surface area contributed by atoms with Crippen molar-refractivity contribution in [2.75, 3.05) is 4.90 Å². The lowest BCUT2D eigenvalue weighted by atomic mass is 9.99. The van der Waals surface area contributed by atoms with Crippen molar-refractivity contribution < 1.29 is 4.42 Å². The van der Waals surface area contributed by atoms with Crippen LogP contribution in [0.25, 0.3) is 95.0 Å². The normalized spacial score (nSPS) is 12.1. The first kappa shape index (κ1) is 30.0. The number of rotatable bonds is 4. The van der Waals surface area contributed by atoms with E-state index in [2.05, 4.69) is 181 Å². The van der Waals surface area contributed by atoms with Gasteiger partial charge in [-0.05, 0) is 70.3 Å². The largest absolute Gasteiger partial charge is 0.455 e. The van der Waals surface area contributed by atoms with E-state index in [0.717, 1.165) is 44.4 Å². The van der Waals surface area contributed by atoms with Gasteiger partial charge in [-0.1, -0.05) is 121 Å². The Hall–Kier alpha value is -6.46. The molecule has 0 aliphatic rings. The van der Waals surface area contributed by atoms with E-state index >= 15 is 0 Å². The van der Waals surface area contributed by atoms with Crippen LogP contribution >= 0.6 is 22.7 Å². The molecule has 9 aromatic carbocycles. The number of thiophene rings is 2. The van der Waals surface area contributed by atoms with Gasteiger partial charge in [0.15, 0.2) is 0 Å². The number of hydrogen-bond donors (Lipinski definition) is 0. The summed E-state index contributed by atoms with van der Waals surface area (Å²) in [5.74, 6) is 0. The molecule has 3 aromatic heterocycles. The highest BCUT2D eigenvalue weighted by Crippen LogP contribution is 2.52. The molecule has 0 radical (unpaired) electrons. The molecular weight excluding hydrogens is 695 g/mol. The summed E-state index contributed by atoms with van der Waals surface area (Å²) in [6.45, 7) is 0. The zero-order valence-corrected chi connectivity index (χ0v) is 30.5.